The van der Waals surface area contributed by atoms with Crippen molar-refractivity contribution < 1.29 is 9.13 Å². The van der Waals surface area contributed by atoms with E-state index >= 15 is 0 Å². The summed E-state index contributed by atoms with van der Waals surface area (Å²) in [6.45, 7) is 4.65. The van der Waals surface area contributed by atoms with Crippen LogP contribution in [0.3, 0.4) is 0 Å². The van der Waals surface area contributed by atoms with Crippen molar-refractivity contribution in [3.63, 3.8) is 0 Å². The minimum atomic E-state index is -0.163. The first-order valence-corrected chi connectivity index (χ1v) is 6.53. The topological polar surface area (TPSA) is 45.6 Å². The maximum absolute atomic E-state index is 13.4. The summed E-state index contributed by atoms with van der Waals surface area (Å²) in [5, 5.41) is 6.26. The number of nitrogens with one attached hydrogen (secondary N) is 2. The number of hydrogen-bond donors (Lipinski definition) is 2. The van der Waals surface area contributed by atoms with Gasteiger partial charge in [-0.2, -0.15) is 0 Å². The lowest BCUT2D eigenvalue weighted by Crippen LogP contribution is -2.39. The van der Waals surface area contributed by atoms with E-state index in [0.29, 0.717) is 44.2 Å². The van der Waals surface area contributed by atoms with Crippen LogP contribution >= 0.6 is 0 Å². The van der Waals surface area contributed by atoms with Gasteiger partial charge in [-0.15, -0.1) is 0 Å². The molecule has 0 bridgehead atoms. The molecule has 2 N–H and O–H groups in total. The highest BCUT2D eigenvalue weighted by Crippen LogP contribution is 2.05. The monoisotopic (exact) mass is 267 g/mol. The van der Waals surface area contributed by atoms with Gasteiger partial charge in [0.2, 0.25) is 0 Å². The summed E-state index contributed by atoms with van der Waals surface area (Å²) >= 11 is 0. The Kier molecular flexibility index (Phi) is 7.58. The first-order valence-electron chi connectivity index (χ1n) is 6.53. The second-order valence-electron chi connectivity index (χ2n) is 3.96. The third-order valence-electron chi connectivity index (χ3n) is 2.61. The van der Waals surface area contributed by atoms with Crippen molar-refractivity contribution >= 4 is 5.96 Å². The zero-order valence-corrected chi connectivity index (χ0v) is 11.6. The molecule has 0 saturated heterocycles. The summed E-state index contributed by atoms with van der Waals surface area (Å²) in [5.41, 5.74) is 0.708. The average Bonchev–Trinajstić information content (AvgIpc) is 2.43. The zero-order valence-electron chi connectivity index (χ0n) is 11.6. The first kappa shape index (κ1) is 15.4. The number of hydrogen-bond acceptors (Lipinski definition) is 2. The zero-order chi connectivity index (χ0) is 13.9. The highest BCUT2D eigenvalue weighted by atomic mass is 19.1. The highest BCUT2D eigenvalue weighted by molar-refractivity contribution is 5.79. The van der Waals surface area contributed by atoms with Crippen molar-refractivity contribution in [3.8, 4) is 0 Å². The minimum absolute atomic E-state index is 0.163. The van der Waals surface area contributed by atoms with E-state index in [1.807, 2.05) is 13.0 Å². The SMILES string of the molecule is CCOCCNC(=NC)NCCc1ccccc1F. The largest absolute Gasteiger partial charge is 0.380 e. The van der Waals surface area contributed by atoms with Gasteiger partial charge in [0, 0.05) is 26.7 Å². The van der Waals surface area contributed by atoms with Crippen LogP contribution in [0.15, 0.2) is 29.3 Å². The van der Waals surface area contributed by atoms with Crippen molar-refractivity contribution in [1.29, 1.82) is 0 Å². The third-order valence-corrected chi connectivity index (χ3v) is 2.61. The lowest BCUT2D eigenvalue weighted by molar-refractivity contribution is 0.152. The van der Waals surface area contributed by atoms with Crippen LogP contribution < -0.4 is 10.6 Å². The van der Waals surface area contributed by atoms with Crippen LogP contribution in [-0.4, -0.2) is 39.3 Å². The Morgan fingerprint density at radius 2 is 2.00 bits per heavy atom. The van der Waals surface area contributed by atoms with Gasteiger partial charge in [0.15, 0.2) is 5.96 Å². The number of guanidine groups is 1. The van der Waals surface area contributed by atoms with E-state index in [1.54, 1.807) is 19.2 Å². The molecule has 0 aliphatic carbocycles. The number of halogens is 1. The fraction of sp³-hybridized carbons (Fsp3) is 0.500. The number of nitrogens with zero attached hydrogens (tertiary/aromatic N) is 1. The fourth-order valence-electron chi connectivity index (χ4n) is 1.62. The molecule has 0 atom stereocenters. The maximum atomic E-state index is 13.4. The average molecular weight is 267 g/mol. The molecular weight excluding hydrogens is 245 g/mol. The molecule has 0 radical (unpaired) electrons. The molecule has 0 unspecified atom stereocenters. The second-order valence-corrected chi connectivity index (χ2v) is 3.96. The first-order chi connectivity index (χ1) is 9.27. The van der Waals surface area contributed by atoms with Crippen molar-refractivity contribution in [3.05, 3.63) is 35.6 Å². The Labute approximate surface area is 114 Å². The summed E-state index contributed by atoms with van der Waals surface area (Å²) in [6.07, 6.45) is 0.624. The summed E-state index contributed by atoms with van der Waals surface area (Å²) in [7, 11) is 1.71. The number of rotatable bonds is 7. The quantitative estimate of drug-likeness (QED) is 0.448. The van der Waals surface area contributed by atoms with E-state index in [9.17, 15) is 4.39 Å². The van der Waals surface area contributed by atoms with Crippen molar-refractivity contribution in [2.75, 3.05) is 33.4 Å². The van der Waals surface area contributed by atoms with Crippen LogP contribution in [0.2, 0.25) is 0 Å². The second kappa shape index (κ2) is 9.33. The van der Waals surface area contributed by atoms with E-state index in [1.165, 1.54) is 6.07 Å². The Bertz CT molecular complexity index is 396. The highest BCUT2D eigenvalue weighted by Gasteiger charge is 2.01. The van der Waals surface area contributed by atoms with Gasteiger partial charge < -0.3 is 15.4 Å². The van der Waals surface area contributed by atoms with E-state index in [0.717, 1.165) is 0 Å². The van der Waals surface area contributed by atoms with Gasteiger partial charge in [-0.05, 0) is 25.0 Å². The van der Waals surface area contributed by atoms with Gasteiger partial charge in [0.1, 0.15) is 5.82 Å². The fourth-order valence-corrected chi connectivity index (χ4v) is 1.62. The maximum Gasteiger partial charge on any atom is 0.191 e. The predicted octanol–water partition coefficient (Wildman–Crippen LogP) is 1.57. The Balaban J connectivity index is 2.25. The smallest absolute Gasteiger partial charge is 0.191 e. The van der Waals surface area contributed by atoms with Crippen LogP contribution in [0, 0.1) is 5.82 Å². The Morgan fingerprint density at radius 3 is 2.68 bits per heavy atom. The molecule has 0 spiro atoms. The van der Waals surface area contributed by atoms with Crippen molar-refractivity contribution in [2.45, 2.75) is 13.3 Å². The minimum Gasteiger partial charge on any atom is -0.380 e. The number of ether oxygens (including phenoxy) is 1. The standard InChI is InChI=1S/C14H22FN3O/c1-3-19-11-10-18-14(16-2)17-9-8-12-6-4-5-7-13(12)15/h4-7H,3,8-11H2,1-2H3,(H2,16,17,18). The van der Waals surface area contributed by atoms with E-state index in [2.05, 4.69) is 15.6 Å². The molecule has 5 heteroatoms. The van der Waals surface area contributed by atoms with Gasteiger partial charge in [0.25, 0.3) is 0 Å². The molecule has 106 valence electrons. The molecule has 1 aromatic rings. The van der Waals surface area contributed by atoms with Crippen LogP contribution in [0.4, 0.5) is 4.39 Å². The van der Waals surface area contributed by atoms with E-state index in [-0.39, 0.29) is 5.82 Å². The third kappa shape index (κ3) is 6.20. The molecule has 4 nitrogen and oxygen atoms in total. The van der Waals surface area contributed by atoms with Crippen LogP contribution in [0.1, 0.15) is 12.5 Å². The van der Waals surface area contributed by atoms with Gasteiger partial charge in [-0.1, -0.05) is 18.2 Å². The van der Waals surface area contributed by atoms with E-state index < -0.39 is 0 Å². The molecule has 0 saturated carbocycles. The molecule has 0 amide bonds. The van der Waals surface area contributed by atoms with E-state index in [4.69, 9.17) is 4.74 Å². The summed E-state index contributed by atoms with van der Waals surface area (Å²) in [5.74, 6) is 0.541. The van der Waals surface area contributed by atoms with Gasteiger partial charge in [0.05, 0.1) is 6.61 Å². The molecule has 0 aliphatic heterocycles. The normalized spacial score (nSPS) is 11.4. The summed E-state index contributed by atoms with van der Waals surface area (Å²) < 4.78 is 18.6. The number of aliphatic imine (C=N–C) groups is 1. The summed E-state index contributed by atoms with van der Waals surface area (Å²) in [6, 6.07) is 6.81. The predicted molar refractivity (Wildman–Crippen MR) is 76.0 cm³/mol. The molecule has 0 heterocycles. The van der Waals surface area contributed by atoms with Crippen LogP contribution in [-0.2, 0) is 11.2 Å². The van der Waals surface area contributed by atoms with Crippen LogP contribution in [0.25, 0.3) is 0 Å². The molecule has 1 aromatic carbocycles. The lowest BCUT2D eigenvalue weighted by atomic mass is 10.1. The Hall–Kier alpha value is -1.62. The van der Waals surface area contributed by atoms with Crippen LogP contribution in [0.5, 0.6) is 0 Å². The molecule has 0 fully saturated rings. The molecule has 19 heavy (non-hydrogen) atoms. The summed E-state index contributed by atoms with van der Waals surface area (Å²) in [4.78, 5) is 4.08. The molecule has 0 aromatic heterocycles. The molecular formula is C14H22FN3O. The molecule has 0 aliphatic rings. The number of benzene rings is 1. The van der Waals surface area contributed by atoms with Gasteiger partial charge in [-0.3, -0.25) is 4.99 Å². The molecule has 1 rings (SSSR count). The Morgan fingerprint density at radius 1 is 1.26 bits per heavy atom. The van der Waals surface area contributed by atoms with Gasteiger partial charge >= 0.3 is 0 Å². The van der Waals surface area contributed by atoms with Crippen molar-refractivity contribution in [1.82, 2.24) is 10.6 Å². The lowest BCUT2D eigenvalue weighted by Gasteiger charge is -2.12. The van der Waals surface area contributed by atoms with Crippen molar-refractivity contribution in [2.24, 2.45) is 4.99 Å². The van der Waals surface area contributed by atoms with Gasteiger partial charge in [-0.25, -0.2) is 4.39 Å².